The van der Waals surface area contributed by atoms with E-state index in [1.54, 1.807) is 12.1 Å². The molecule has 0 N–H and O–H groups in total. The Balaban J connectivity index is 2.45. The minimum Gasteiger partial charge on any atom is -0.207 e. The Kier molecular flexibility index (Phi) is 3.41. The summed E-state index contributed by atoms with van der Waals surface area (Å²) in [6, 6.07) is 13.5. The minimum absolute atomic E-state index is 0.304. The molecule has 2 aromatic rings. The summed E-state index contributed by atoms with van der Waals surface area (Å²) in [5, 5.41) is 0. The van der Waals surface area contributed by atoms with Gasteiger partial charge >= 0.3 is 0 Å². The van der Waals surface area contributed by atoms with Crippen LogP contribution in [-0.4, -0.2) is 0 Å². The van der Waals surface area contributed by atoms with Gasteiger partial charge in [-0.1, -0.05) is 65.2 Å². The Morgan fingerprint density at radius 2 is 1.59 bits per heavy atom. The van der Waals surface area contributed by atoms with E-state index in [0.29, 0.717) is 5.56 Å². The maximum atomic E-state index is 12.9. The molecule has 0 spiro atoms. The van der Waals surface area contributed by atoms with Crippen molar-refractivity contribution in [2.45, 2.75) is 11.3 Å². The quantitative estimate of drug-likeness (QED) is 0.686. The third-order valence-corrected chi connectivity index (χ3v) is 3.46. The average molecular weight is 269 g/mol. The molecule has 0 aliphatic rings. The van der Waals surface area contributed by atoms with Gasteiger partial charge in [0.05, 0.1) is 0 Å². The number of aryl methyl sites for hydroxylation is 1. The number of halogens is 3. The van der Waals surface area contributed by atoms with Crippen molar-refractivity contribution in [2.24, 2.45) is 0 Å². The Morgan fingerprint density at radius 1 is 0.941 bits per heavy atom. The molecule has 2 rings (SSSR count). The summed E-state index contributed by atoms with van der Waals surface area (Å²) < 4.78 is 11.7. The molecule has 0 aromatic heterocycles. The Bertz CT molecular complexity index is 518. The van der Waals surface area contributed by atoms with Crippen LogP contribution in [0, 0.1) is 12.7 Å². The maximum absolute atomic E-state index is 12.9. The molecule has 0 fully saturated rings. The van der Waals surface area contributed by atoms with Gasteiger partial charge < -0.3 is 0 Å². The number of hydrogen-bond acceptors (Lipinski definition) is 0. The van der Waals surface area contributed by atoms with Crippen LogP contribution in [0.15, 0.2) is 48.5 Å². The van der Waals surface area contributed by atoms with Crippen molar-refractivity contribution in [3.05, 3.63) is 71.0 Å². The number of alkyl halides is 2. The average Bonchev–Trinajstić information content (AvgIpc) is 2.29. The van der Waals surface area contributed by atoms with Crippen molar-refractivity contribution >= 4 is 23.2 Å². The summed E-state index contributed by atoms with van der Waals surface area (Å²) in [6.45, 7) is 1.97. The van der Waals surface area contributed by atoms with Gasteiger partial charge in [-0.15, -0.1) is 0 Å². The lowest BCUT2D eigenvalue weighted by Gasteiger charge is -2.21. The highest BCUT2D eigenvalue weighted by molar-refractivity contribution is 6.50. The van der Waals surface area contributed by atoms with Crippen molar-refractivity contribution in [2.75, 3.05) is 0 Å². The zero-order valence-electron chi connectivity index (χ0n) is 9.25. The zero-order chi connectivity index (χ0) is 12.5. The van der Waals surface area contributed by atoms with E-state index in [0.717, 1.165) is 11.1 Å². The van der Waals surface area contributed by atoms with E-state index in [4.69, 9.17) is 23.2 Å². The van der Waals surface area contributed by atoms with Gasteiger partial charge in [0, 0.05) is 0 Å². The van der Waals surface area contributed by atoms with Crippen LogP contribution in [0.1, 0.15) is 16.7 Å². The molecular weight excluding hydrogens is 258 g/mol. The molecule has 0 bridgehead atoms. The first kappa shape index (κ1) is 12.4. The third-order valence-electron chi connectivity index (χ3n) is 2.59. The van der Waals surface area contributed by atoms with Gasteiger partial charge in [-0.3, -0.25) is 0 Å². The van der Waals surface area contributed by atoms with Crippen LogP contribution >= 0.6 is 23.2 Å². The molecule has 0 heterocycles. The highest BCUT2D eigenvalue weighted by Gasteiger charge is 2.28. The van der Waals surface area contributed by atoms with Crippen LogP contribution in [0.2, 0.25) is 0 Å². The second kappa shape index (κ2) is 4.67. The summed E-state index contributed by atoms with van der Waals surface area (Å²) in [7, 11) is 0. The molecule has 0 nitrogen and oxygen atoms in total. The van der Waals surface area contributed by atoms with Crippen molar-refractivity contribution in [1.82, 2.24) is 0 Å². The van der Waals surface area contributed by atoms with E-state index in [2.05, 4.69) is 0 Å². The van der Waals surface area contributed by atoms with E-state index < -0.39 is 4.33 Å². The lowest BCUT2D eigenvalue weighted by Crippen LogP contribution is -2.12. The van der Waals surface area contributed by atoms with Gasteiger partial charge in [0.15, 0.2) is 4.33 Å². The minimum atomic E-state index is -1.15. The van der Waals surface area contributed by atoms with Crippen LogP contribution in [-0.2, 0) is 4.33 Å². The second-order valence-corrected chi connectivity index (χ2v) is 5.28. The molecular formula is C14H11Cl2F. The summed E-state index contributed by atoms with van der Waals surface area (Å²) in [5.74, 6) is -0.304. The van der Waals surface area contributed by atoms with Crippen LogP contribution in [0.5, 0.6) is 0 Å². The van der Waals surface area contributed by atoms with Gasteiger partial charge in [0.25, 0.3) is 0 Å². The van der Waals surface area contributed by atoms with Crippen LogP contribution in [0.3, 0.4) is 0 Å². The Morgan fingerprint density at radius 3 is 2.18 bits per heavy atom. The van der Waals surface area contributed by atoms with E-state index in [1.807, 2.05) is 31.2 Å². The van der Waals surface area contributed by atoms with Gasteiger partial charge in [-0.2, -0.15) is 0 Å². The number of benzene rings is 2. The lowest BCUT2D eigenvalue weighted by atomic mass is 10.0. The lowest BCUT2D eigenvalue weighted by molar-refractivity contribution is 0.627. The zero-order valence-corrected chi connectivity index (χ0v) is 10.8. The molecule has 0 amide bonds. The predicted octanol–water partition coefficient (Wildman–Crippen LogP) is 4.81. The maximum Gasteiger partial charge on any atom is 0.168 e. The first-order valence-corrected chi connectivity index (χ1v) is 5.97. The van der Waals surface area contributed by atoms with E-state index in [-0.39, 0.29) is 5.82 Å². The van der Waals surface area contributed by atoms with E-state index in [1.165, 1.54) is 12.1 Å². The first-order valence-electron chi connectivity index (χ1n) is 5.21. The summed E-state index contributed by atoms with van der Waals surface area (Å²) in [6.07, 6.45) is 0. The van der Waals surface area contributed by atoms with Crippen LogP contribution in [0.4, 0.5) is 4.39 Å². The van der Waals surface area contributed by atoms with Crippen molar-refractivity contribution in [3.8, 4) is 0 Å². The van der Waals surface area contributed by atoms with Gasteiger partial charge in [0.1, 0.15) is 5.82 Å². The molecule has 0 radical (unpaired) electrons. The Hall–Kier alpha value is -1.05. The van der Waals surface area contributed by atoms with Gasteiger partial charge in [-0.05, 0) is 30.2 Å². The highest BCUT2D eigenvalue weighted by Crippen LogP contribution is 2.40. The predicted molar refractivity (Wildman–Crippen MR) is 70.1 cm³/mol. The van der Waals surface area contributed by atoms with Gasteiger partial charge in [0.2, 0.25) is 0 Å². The first-order chi connectivity index (χ1) is 8.00. The summed E-state index contributed by atoms with van der Waals surface area (Å²) in [4.78, 5) is 0. The molecule has 0 atom stereocenters. The van der Waals surface area contributed by atoms with E-state index in [9.17, 15) is 4.39 Å². The molecule has 88 valence electrons. The fourth-order valence-corrected chi connectivity index (χ4v) is 2.15. The molecule has 0 saturated carbocycles. The Labute approximate surface area is 110 Å². The SMILES string of the molecule is Cc1cccc(C(Cl)(Cl)c2ccc(F)cc2)c1. The van der Waals surface area contributed by atoms with Crippen LogP contribution in [0.25, 0.3) is 0 Å². The molecule has 2 aromatic carbocycles. The smallest absolute Gasteiger partial charge is 0.168 e. The van der Waals surface area contributed by atoms with Crippen molar-refractivity contribution < 1.29 is 4.39 Å². The standard InChI is InChI=1S/C14H11Cl2F/c1-10-3-2-4-12(9-10)14(15,16)11-5-7-13(17)8-6-11/h2-9H,1H3. The summed E-state index contributed by atoms with van der Waals surface area (Å²) in [5.41, 5.74) is 2.52. The second-order valence-electron chi connectivity index (χ2n) is 3.95. The molecule has 0 aliphatic heterocycles. The molecule has 0 aliphatic carbocycles. The highest BCUT2D eigenvalue weighted by atomic mass is 35.5. The third kappa shape index (κ3) is 2.62. The molecule has 0 saturated heterocycles. The van der Waals surface area contributed by atoms with Gasteiger partial charge in [-0.25, -0.2) is 4.39 Å². The van der Waals surface area contributed by atoms with Crippen LogP contribution < -0.4 is 0 Å². The molecule has 3 heteroatoms. The number of hydrogen-bond donors (Lipinski definition) is 0. The van der Waals surface area contributed by atoms with Crippen molar-refractivity contribution in [3.63, 3.8) is 0 Å². The number of rotatable bonds is 2. The fraction of sp³-hybridized carbons (Fsp3) is 0.143. The largest absolute Gasteiger partial charge is 0.207 e. The molecule has 17 heavy (non-hydrogen) atoms. The fourth-order valence-electron chi connectivity index (χ4n) is 1.67. The molecule has 0 unspecified atom stereocenters. The normalized spacial score (nSPS) is 11.5. The van der Waals surface area contributed by atoms with E-state index >= 15 is 0 Å². The summed E-state index contributed by atoms with van der Waals surface area (Å²) >= 11 is 12.7. The van der Waals surface area contributed by atoms with Crippen molar-refractivity contribution in [1.29, 1.82) is 0 Å². The topological polar surface area (TPSA) is 0 Å². The monoisotopic (exact) mass is 268 g/mol.